The molecule has 3 aliphatic carbocycles. The molecule has 1 saturated heterocycles. The maximum atomic E-state index is 15.2. The second kappa shape index (κ2) is 17.7. The quantitative estimate of drug-likeness (QED) is 0.117. The summed E-state index contributed by atoms with van der Waals surface area (Å²) in [5, 5.41) is 40.8. The molecule has 16 heteroatoms. The molecule has 2 saturated carbocycles. The summed E-state index contributed by atoms with van der Waals surface area (Å²) in [6, 6.07) is 22.4. The molecule has 3 aromatic carbocycles. The standard InChI is InChI=1S/C50H57NO15/c1-27-32(62-44(58)38(63-42(56)30-20-14-10-15-21-30)36(29-18-12-9-13-19-29)51-45(59)66-46(3,4)5)25-50(60)41(64-43(57)31-22-16-11-17-23-31)39-48(8,40(55)37(54)35(27)47(50,6)7)33(53)24-34-49(39,26-61-34)65-28(2)52/h9-23,32-34,36-39,41,53-54,60H,24-26H2,1-8H3,(H,51,59)/t32-,33-,34+,36-,37+,38+,39?,41-,48+,49+,50+/m0/s1. The summed E-state index contributed by atoms with van der Waals surface area (Å²) in [5.74, 6) is -6.39. The molecule has 0 aromatic heterocycles. The summed E-state index contributed by atoms with van der Waals surface area (Å²) in [4.78, 5) is 84.8. The van der Waals surface area contributed by atoms with Gasteiger partial charge in [-0.3, -0.25) is 9.59 Å². The number of fused-ring (bicyclic) bond motifs is 5. The molecule has 1 unspecified atom stereocenters. The van der Waals surface area contributed by atoms with Crippen molar-refractivity contribution >= 4 is 35.8 Å². The Hall–Kier alpha value is -5.94. The highest BCUT2D eigenvalue weighted by Crippen LogP contribution is 2.64. The van der Waals surface area contributed by atoms with Crippen LogP contribution in [0.1, 0.15) is 101 Å². The molecule has 1 heterocycles. The van der Waals surface area contributed by atoms with E-state index in [-0.39, 0.29) is 35.3 Å². The van der Waals surface area contributed by atoms with Gasteiger partial charge >= 0.3 is 30.0 Å². The van der Waals surface area contributed by atoms with E-state index in [2.05, 4.69) is 5.32 Å². The molecule has 1 aliphatic heterocycles. The predicted molar refractivity (Wildman–Crippen MR) is 233 cm³/mol. The second-order valence-electron chi connectivity index (χ2n) is 19.3. The van der Waals surface area contributed by atoms with Crippen molar-refractivity contribution in [3.8, 4) is 0 Å². The maximum Gasteiger partial charge on any atom is 0.408 e. The van der Waals surface area contributed by atoms with Crippen LogP contribution >= 0.6 is 0 Å². The van der Waals surface area contributed by atoms with Gasteiger partial charge in [0.15, 0.2) is 11.4 Å². The summed E-state index contributed by atoms with van der Waals surface area (Å²) in [6.07, 6.45) is -11.7. The Morgan fingerprint density at radius 1 is 0.833 bits per heavy atom. The molecule has 4 aliphatic rings. The number of rotatable bonds is 10. The van der Waals surface area contributed by atoms with Gasteiger partial charge in [0.1, 0.15) is 41.7 Å². The van der Waals surface area contributed by atoms with Crippen molar-refractivity contribution < 1.29 is 72.5 Å². The average molecular weight is 912 g/mol. The number of hydrogen-bond acceptors (Lipinski definition) is 15. The van der Waals surface area contributed by atoms with E-state index in [1.54, 1.807) is 101 Å². The van der Waals surface area contributed by atoms with E-state index >= 15 is 9.59 Å². The van der Waals surface area contributed by atoms with Crippen LogP contribution < -0.4 is 5.32 Å². The Balaban J connectivity index is 1.39. The van der Waals surface area contributed by atoms with E-state index in [0.717, 1.165) is 6.92 Å². The average Bonchev–Trinajstić information content (AvgIpc) is 3.26. The van der Waals surface area contributed by atoms with Gasteiger partial charge in [-0.2, -0.15) is 0 Å². The van der Waals surface area contributed by atoms with Crippen molar-refractivity contribution in [1.29, 1.82) is 0 Å². The molecule has 16 nitrogen and oxygen atoms in total. The van der Waals surface area contributed by atoms with Crippen LogP contribution in [0.25, 0.3) is 0 Å². The molecule has 11 atom stereocenters. The molecule has 2 bridgehead atoms. The molecular formula is C50H57NO15. The molecule has 352 valence electrons. The van der Waals surface area contributed by atoms with E-state index in [1.165, 1.54) is 38.1 Å². The minimum atomic E-state index is -2.42. The normalized spacial score (nSPS) is 30.9. The van der Waals surface area contributed by atoms with Crippen molar-refractivity contribution in [3.05, 3.63) is 119 Å². The highest BCUT2D eigenvalue weighted by Gasteiger charge is 2.78. The van der Waals surface area contributed by atoms with Gasteiger partial charge in [0.05, 0.1) is 35.2 Å². The van der Waals surface area contributed by atoms with E-state index in [1.807, 2.05) is 0 Å². The molecule has 3 fully saturated rings. The Bertz CT molecular complexity index is 2400. The molecule has 0 radical (unpaired) electrons. The lowest BCUT2D eigenvalue weighted by Gasteiger charge is -2.67. The molecule has 1 amide bonds. The number of alkyl carbamates (subject to hydrolysis) is 1. The highest BCUT2D eigenvalue weighted by molar-refractivity contribution is 5.94. The Morgan fingerprint density at radius 3 is 1.92 bits per heavy atom. The molecule has 66 heavy (non-hydrogen) atoms. The Kier molecular flexibility index (Phi) is 12.9. The van der Waals surface area contributed by atoms with Gasteiger partial charge in [-0.25, -0.2) is 19.2 Å². The third kappa shape index (κ3) is 8.39. The summed E-state index contributed by atoms with van der Waals surface area (Å²) in [5.41, 5.74) is -8.43. The lowest BCUT2D eigenvalue weighted by atomic mass is 9.44. The Labute approximate surface area is 382 Å². The predicted octanol–water partition coefficient (Wildman–Crippen LogP) is 5.12. The highest BCUT2D eigenvalue weighted by atomic mass is 16.6. The first kappa shape index (κ1) is 48.0. The number of nitrogens with one attached hydrogen (secondary N) is 1. The number of carbonyl (C=O) groups excluding carboxylic acids is 6. The van der Waals surface area contributed by atoms with Gasteiger partial charge in [0, 0.05) is 25.2 Å². The number of ether oxygens (including phenoxy) is 6. The molecule has 4 N–H and O–H groups in total. The molecule has 0 spiro atoms. The number of aliphatic hydroxyl groups is 3. The number of hydrogen-bond donors (Lipinski definition) is 4. The summed E-state index contributed by atoms with van der Waals surface area (Å²) >= 11 is 0. The summed E-state index contributed by atoms with van der Waals surface area (Å²) in [6.45, 7) is 11.7. The minimum absolute atomic E-state index is 0.0616. The zero-order chi connectivity index (χ0) is 48.1. The number of ketones is 1. The van der Waals surface area contributed by atoms with Crippen molar-refractivity contribution in [3.63, 3.8) is 0 Å². The van der Waals surface area contributed by atoms with Crippen molar-refractivity contribution in [2.45, 2.75) is 128 Å². The van der Waals surface area contributed by atoms with E-state index in [4.69, 9.17) is 28.4 Å². The number of Topliss-reactive ketones (excluding diaryl/α,β-unsaturated/α-hetero) is 1. The zero-order valence-corrected chi connectivity index (χ0v) is 38.1. The lowest BCUT2D eigenvalue weighted by molar-refractivity contribution is -0.346. The first-order valence-corrected chi connectivity index (χ1v) is 21.9. The number of carbonyl (C=O) groups is 6. The number of aliphatic hydroxyl groups excluding tert-OH is 2. The molecule has 3 aromatic rings. The zero-order valence-electron chi connectivity index (χ0n) is 38.1. The van der Waals surface area contributed by atoms with Crippen molar-refractivity contribution in [2.75, 3.05) is 6.61 Å². The summed E-state index contributed by atoms with van der Waals surface area (Å²) in [7, 11) is 0. The van der Waals surface area contributed by atoms with Crippen LogP contribution in [0.3, 0.4) is 0 Å². The third-order valence-electron chi connectivity index (χ3n) is 13.8. The molecule has 7 rings (SSSR count). The monoisotopic (exact) mass is 911 g/mol. The molecular weight excluding hydrogens is 855 g/mol. The van der Waals surface area contributed by atoms with Crippen LogP contribution in [-0.4, -0.2) is 111 Å². The number of benzene rings is 3. The van der Waals surface area contributed by atoms with Gasteiger partial charge in [0.25, 0.3) is 0 Å². The van der Waals surface area contributed by atoms with Gasteiger partial charge in [-0.05, 0) is 75.6 Å². The van der Waals surface area contributed by atoms with Gasteiger partial charge < -0.3 is 49.1 Å². The van der Waals surface area contributed by atoms with E-state index in [9.17, 15) is 34.5 Å². The number of amides is 1. The van der Waals surface area contributed by atoms with Gasteiger partial charge in [-0.15, -0.1) is 0 Å². The van der Waals surface area contributed by atoms with Gasteiger partial charge in [-0.1, -0.05) is 80.6 Å². The Morgan fingerprint density at radius 2 is 1.39 bits per heavy atom. The van der Waals surface area contributed by atoms with E-state index < -0.39 is 118 Å². The van der Waals surface area contributed by atoms with Crippen LogP contribution in [0.4, 0.5) is 4.79 Å². The fourth-order valence-corrected chi connectivity index (χ4v) is 10.4. The van der Waals surface area contributed by atoms with Crippen LogP contribution in [0, 0.1) is 16.7 Å². The van der Waals surface area contributed by atoms with Crippen molar-refractivity contribution in [2.24, 2.45) is 16.7 Å². The topological polar surface area (TPSA) is 231 Å². The van der Waals surface area contributed by atoms with Crippen LogP contribution in [0.5, 0.6) is 0 Å². The third-order valence-corrected chi connectivity index (χ3v) is 13.8. The van der Waals surface area contributed by atoms with Crippen LogP contribution in [0.2, 0.25) is 0 Å². The smallest absolute Gasteiger partial charge is 0.408 e. The first-order chi connectivity index (χ1) is 31.0. The SMILES string of the molecule is CC(=O)O[C@]12CO[C@@H]1C[C@H](O)[C@@]1(C)C(=O)[C@H](O)C3=C(C)[C@@H](OC(=O)[C@H](OC(=O)c4ccccc4)[C@@H](NC(=O)OC(C)(C)C)c4ccccc4)C[C@@](O)([C@@H](OC(=O)c4ccccc4)C21)C3(C)C. The second-order valence-corrected chi connectivity index (χ2v) is 19.3. The minimum Gasteiger partial charge on any atom is -0.455 e. The largest absolute Gasteiger partial charge is 0.455 e. The maximum absolute atomic E-state index is 15.2. The van der Waals surface area contributed by atoms with Crippen LogP contribution in [0.15, 0.2) is 102 Å². The fourth-order valence-electron chi connectivity index (χ4n) is 10.4. The fraction of sp³-hybridized carbons (Fsp3) is 0.480. The van der Waals surface area contributed by atoms with E-state index in [0.29, 0.717) is 5.56 Å². The van der Waals surface area contributed by atoms with Crippen LogP contribution in [-0.2, 0) is 42.8 Å². The number of esters is 4. The lowest BCUT2D eigenvalue weighted by Crippen LogP contribution is -2.81. The first-order valence-electron chi connectivity index (χ1n) is 21.9. The van der Waals surface area contributed by atoms with Crippen molar-refractivity contribution in [1.82, 2.24) is 5.32 Å². The van der Waals surface area contributed by atoms with Gasteiger partial charge in [0.2, 0.25) is 6.10 Å². The summed E-state index contributed by atoms with van der Waals surface area (Å²) < 4.78 is 36.1.